The molecule has 3 aromatic carbocycles. The second kappa shape index (κ2) is 12.5. The molecule has 1 amide bonds. The Kier molecular flexibility index (Phi) is 9.34. The number of morpholine rings is 1. The summed E-state index contributed by atoms with van der Waals surface area (Å²) in [6.45, 7) is 1.11. The van der Waals surface area contributed by atoms with Gasteiger partial charge in [0.1, 0.15) is 0 Å². The molecular formula is C26H28BrN3O6S2. The maximum Gasteiger partial charge on any atom is 0.243 e. The largest absolute Gasteiger partial charge is 0.379 e. The lowest BCUT2D eigenvalue weighted by atomic mass is 10.2. The Labute approximate surface area is 231 Å². The maximum atomic E-state index is 13.4. The van der Waals surface area contributed by atoms with Crippen LogP contribution >= 0.6 is 15.9 Å². The fourth-order valence-electron chi connectivity index (χ4n) is 3.90. The van der Waals surface area contributed by atoms with Crippen LogP contribution in [0.25, 0.3) is 0 Å². The minimum Gasteiger partial charge on any atom is -0.379 e. The SMILES string of the molecule is O=C(CN(Cc1ccccc1)S(=O)(=O)c1ccc(Br)cc1)NCc1ccc(S(=O)(=O)N2CCOCC2)cc1. The molecule has 1 aliphatic rings. The van der Waals surface area contributed by atoms with Crippen LogP contribution in [0.5, 0.6) is 0 Å². The van der Waals surface area contributed by atoms with Crippen LogP contribution in [-0.4, -0.2) is 64.2 Å². The first-order valence-corrected chi connectivity index (χ1v) is 15.6. The molecule has 4 rings (SSSR count). The third kappa shape index (κ3) is 7.07. The molecule has 0 radical (unpaired) electrons. The number of sulfonamides is 2. The smallest absolute Gasteiger partial charge is 0.243 e. The van der Waals surface area contributed by atoms with Gasteiger partial charge in [-0.2, -0.15) is 8.61 Å². The first kappa shape index (κ1) is 28.4. The van der Waals surface area contributed by atoms with Crippen molar-refractivity contribution in [2.45, 2.75) is 22.9 Å². The Hall–Kier alpha value is -2.61. The van der Waals surface area contributed by atoms with Gasteiger partial charge in [-0.3, -0.25) is 4.79 Å². The first-order valence-electron chi connectivity index (χ1n) is 11.9. The van der Waals surface area contributed by atoms with Gasteiger partial charge in [0, 0.05) is 30.7 Å². The molecule has 0 unspecified atom stereocenters. The van der Waals surface area contributed by atoms with Crippen molar-refractivity contribution >= 4 is 41.9 Å². The van der Waals surface area contributed by atoms with Crippen molar-refractivity contribution in [1.29, 1.82) is 0 Å². The molecule has 0 aliphatic carbocycles. The lowest BCUT2D eigenvalue weighted by Gasteiger charge is -2.26. The molecule has 0 bridgehead atoms. The van der Waals surface area contributed by atoms with E-state index in [2.05, 4.69) is 21.2 Å². The van der Waals surface area contributed by atoms with Gasteiger partial charge in [-0.15, -0.1) is 0 Å². The third-order valence-electron chi connectivity index (χ3n) is 5.99. The van der Waals surface area contributed by atoms with Crippen LogP contribution in [-0.2, 0) is 42.7 Å². The minimum absolute atomic E-state index is 0.0285. The minimum atomic E-state index is -3.96. The molecule has 0 spiro atoms. The fraction of sp³-hybridized carbons (Fsp3) is 0.269. The Morgan fingerprint density at radius 3 is 2.08 bits per heavy atom. The number of benzene rings is 3. The first-order chi connectivity index (χ1) is 18.2. The van der Waals surface area contributed by atoms with E-state index in [1.807, 2.05) is 18.2 Å². The molecule has 1 aliphatic heterocycles. The number of hydrogen-bond donors (Lipinski definition) is 1. The molecule has 12 heteroatoms. The number of carbonyl (C=O) groups excluding carboxylic acids is 1. The standard InChI is InChI=1S/C26H28BrN3O6S2/c27-23-8-12-25(13-9-23)38(34,35)30(19-22-4-2-1-3-5-22)20-26(31)28-18-21-6-10-24(11-7-21)37(32,33)29-14-16-36-17-15-29/h1-13H,14-20H2,(H,28,31). The summed E-state index contributed by atoms with van der Waals surface area (Å²) in [7, 11) is -7.57. The van der Waals surface area contributed by atoms with E-state index in [1.54, 1.807) is 36.4 Å². The summed E-state index contributed by atoms with van der Waals surface area (Å²) in [5, 5.41) is 2.74. The van der Waals surface area contributed by atoms with E-state index in [1.165, 1.54) is 28.6 Å². The highest BCUT2D eigenvalue weighted by molar-refractivity contribution is 9.10. The summed E-state index contributed by atoms with van der Waals surface area (Å²) in [6, 6.07) is 21.6. The summed E-state index contributed by atoms with van der Waals surface area (Å²) in [5.74, 6) is -0.480. The molecule has 3 aromatic rings. The normalized spacial score (nSPS) is 14.9. The van der Waals surface area contributed by atoms with Crippen molar-refractivity contribution in [1.82, 2.24) is 13.9 Å². The molecule has 1 heterocycles. The van der Waals surface area contributed by atoms with E-state index in [0.717, 1.165) is 14.3 Å². The van der Waals surface area contributed by atoms with Crippen molar-refractivity contribution in [3.63, 3.8) is 0 Å². The summed E-state index contributed by atoms with van der Waals surface area (Å²) in [4.78, 5) is 13.1. The van der Waals surface area contributed by atoms with Crippen LogP contribution in [0.4, 0.5) is 0 Å². The average Bonchev–Trinajstić information content (AvgIpc) is 2.93. The van der Waals surface area contributed by atoms with Crippen molar-refractivity contribution in [3.8, 4) is 0 Å². The Balaban J connectivity index is 1.43. The molecule has 202 valence electrons. The van der Waals surface area contributed by atoms with Crippen LogP contribution in [0, 0.1) is 0 Å². The van der Waals surface area contributed by atoms with Gasteiger partial charge in [-0.1, -0.05) is 58.4 Å². The summed E-state index contributed by atoms with van der Waals surface area (Å²) in [6.07, 6.45) is 0. The average molecular weight is 623 g/mol. The molecule has 9 nitrogen and oxygen atoms in total. The second-order valence-electron chi connectivity index (χ2n) is 8.65. The van der Waals surface area contributed by atoms with Crippen molar-refractivity contribution in [2.24, 2.45) is 0 Å². The zero-order chi connectivity index (χ0) is 27.2. The number of nitrogens with one attached hydrogen (secondary N) is 1. The highest BCUT2D eigenvalue weighted by Gasteiger charge is 2.28. The van der Waals surface area contributed by atoms with Crippen LogP contribution < -0.4 is 5.32 Å². The number of hydrogen-bond acceptors (Lipinski definition) is 6. The highest BCUT2D eigenvalue weighted by Crippen LogP contribution is 2.21. The number of amides is 1. The van der Waals surface area contributed by atoms with E-state index in [0.29, 0.717) is 31.9 Å². The van der Waals surface area contributed by atoms with Gasteiger partial charge in [-0.25, -0.2) is 16.8 Å². The van der Waals surface area contributed by atoms with Crippen molar-refractivity contribution < 1.29 is 26.4 Å². The van der Waals surface area contributed by atoms with E-state index in [4.69, 9.17) is 4.74 Å². The van der Waals surface area contributed by atoms with Gasteiger partial charge < -0.3 is 10.1 Å². The van der Waals surface area contributed by atoms with Crippen molar-refractivity contribution in [2.75, 3.05) is 32.8 Å². The van der Waals surface area contributed by atoms with Crippen LogP contribution in [0.3, 0.4) is 0 Å². The van der Waals surface area contributed by atoms with Crippen LogP contribution in [0.1, 0.15) is 11.1 Å². The predicted molar refractivity (Wildman–Crippen MR) is 146 cm³/mol. The van der Waals surface area contributed by atoms with E-state index in [-0.39, 0.29) is 29.4 Å². The molecule has 0 aromatic heterocycles. The molecule has 38 heavy (non-hydrogen) atoms. The van der Waals surface area contributed by atoms with Crippen LogP contribution in [0.15, 0.2) is 93.1 Å². The Morgan fingerprint density at radius 1 is 0.842 bits per heavy atom. The van der Waals surface area contributed by atoms with Gasteiger partial charge >= 0.3 is 0 Å². The Morgan fingerprint density at radius 2 is 1.45 bits per heavy atom. The van der Waals surface area contributed by atoms with E-state index in [9.17, 15) is 21.6 Å². The molecule has 1 saturated heterocycles. The Bertz CT molecular complexity index is 1440. The van der Waals surface area contributed by atoms with Crippen molar-refractivity contribution in [3.05, 3.63) is 94.5 Å². The zero-order valence-corrected chi connectivity index (χ0v) is 23.7. The maximum absolute atomic E-state index is 13.4. The monoisotopic (exact) mass is 621 g/mol. The number of halogens is 1. The van der Waals surface area contributed by atoms with Gasteiger partial charge in [0.05, 0.1) is 29.5 Å². The summed E-state index contributed by atoms with van der Waals surface area (Å²) in [5.41, 5.74) is 1.43. The topological polar surface area (TPSA) is 113 Å². The summed E-state index contributed by atoms with van der Waals surface area (Å²) < 4.78 is 60.9. The van der Waals surface area contributed by atoms with E-state index < -0.39 is 26.0 Å². The predicted octanol–water partition coefficient (Wildman–Crippen LogP) is 2.98. The fourth-order valence-corrected chi connectivity index (χ4v) is 6.96. The van der Waals surface area contributed by atoms with E-state index >= 15 is 0 Å². The second-order valence-corrected chi connectivity index (χ2v) is 13.4. The lowest BCUT2D eigenvalue weighted by Crippen LogP contribution is -2.40. The number of nitrogens with zero attached hydrogens (tertiary/aromatic N) is 2. The molecule has 0 saturated carbocycles. The molecule has 1 N–H and O–H groups in total. The summed E-state index contributed by atoms with van der Waals surface area (Å²) >= 11 is 3.31. The third-order valence-corrected chi connectivity index (χ3v) is 10.2. The number of ether oxygens (including phenoxy) is 1. The van der Waals surface area contributed by atoms with Gasteiger partial charge in [0.25, 0.3) is 0 Å². The van der Waals surface area contributed by atoms with Gasteiger partial charge in [0.15, 0.2) is 0 Å². The number of rotatable bonds is 10. The zero-order valence-electron chi connectivity index (χ0n) is 20.5. The quantitative estimate of drug-likeness (QED) is 0.372. The lowest BCUT2D eigenvalue weighted by molar-refractivity contribution is -0.121. The molecule has 1 fully saturated rings. The van der Waals surface area contributed by atoms with Gasteiger partial charge in [0.2, 0.25) is 26.0 Å². The molecule has 0 atom stereocenters. The van der Waals surface area contributed by atoms with Crippen LogP contribution in [0.2, 0.25) is 0 Å². The molecular weight excluding hydrogens is 594 g/mol. The van der Waals surface area contributed by atoms with Gasteiger partial charge in [-0.05, 0) is 47.5 Å². The number of carbonyl (C=O) groups is 1. The highest BCUT2D eigenvalue weighted by atomic mass is 79.9.